The molecule has 23 heavy (non-hydrogen) atoms. The lowest BCUT2D eigenvalue weighted by Gasteiger charge is -2.38. The summed E-state index contributed by atoms with van der Waals surface area (Å²) in [5.74, 6) is -0.0484. The van der Waals surface area contributed by atoms with Gasteiger partial charge < -0.3 is 9.22 Å². The first-order valence-electron chi connectivity index (χ1n) is 9.20. The molecule has 0 unspecified atom stereocenters. The molecule has 0 N–H and O–H groups in total. The Labute approximate surface area is 142 Å². The van der Waals surface area contributed by atoms with Gasteiger partial charge in [0, 0.05) is 6.42 Å². The van der Waals surface area contributed by atoms with Crippen LogP contribution in [-0.4, -0.2) is 43.2 Å². The highest BCUT2D eigenvalue weighted by molar-refractivity contribution is 5.70. The molecule has 130 valence electrons. The van der Waals surface area contributed by atoms with Crippen molar-refractivity contribution < 1.29 is 14.0 Å². The number of hydrogen-bond acceptors (Lipinski definition) is 2. The Morgan fingerprint density at radius 1 is 0.957 bits per heavy atom. The molecular weight excluding hydrogens is 286 g/mol. The predicted molar refractivity (Wildman–Crippen MR) is 96.3 cm³/mol. The maximum absolute atomic E-state index is 12.2. The molecule has 3 heteroatoms. The van der Waals surface area contributed by atoms with Crippen LogP contribution in [0.25, 0.3) is 0 Å². The van der Waals surface area contributed by atoms with Crippen molar-refractivity contribution in [1.29, 1.82) is 0 Å². The first-order valence-corrected chi connectivity index (χ1v) is 9.20. The molecule has 1 aromatic rings. The first-order chi connectivity index (χ1) is 11.2. The van der Waals surface area contributed by atoms with E-state index < -0.39 is 0 Å². The molecule has 0 spiro atoms. The Kier molecular flexibility index (Phi) is 9.61. The molecule has 0 heterocycles. The van der Waals surface area contributed by atoms with Gasteiger partial charge in [-0.1, -0.05) is 57.0 Å². The van der Waals surface area contributed by atoms with Gasteiger partial charge >= 0.3 is 5.97 Å². The summed E-state index contributed by atoms with van der Waals surface area (Å²) >= 11 is 0. The fourth-order valence-electron chi connectivity index (χ4n) is 3.05. The van der Waals surface area contributed by atoms with E-state index in [0.29, 0.717) is 13.2 Å². The lowest BCUT2D eigenvalue weighted by Crippen LogP contribution is -2.54. The largest absolute Gasteiger partial charge is 0.462 e. The second-order valence-corrected chi connectivity index (χ2v) is 6.42. The highest BCUT2D eigenvalue weighted by atomic mass is 16.5. The van der Waals surface area contributed by atoms with Crippen molar-refractivity contribution in [2.75, 3.05) is 32.8 Å². The molecule has 1 rings (SSSR count). The number of unbranched alkanes of at least 4 members (excludes halogenated alkanes) is 2. The molecule has 0 radical (unpaired) electrons. The van der Waals surface area contributed by atoms with Crippen molar-refractivity contribution in [3.05, 3.63) is 35.9 Å². The topological polar surface area (TPSA) is 26.3 Å². The van der Waals surface area contributed by atoms with Gasteiger partial charge in [-0.2, -0.15) is 0 Å². The Morgan fingerprint density at radius 3 is 2.09 bits per heavy atom. The maximum Gasteiger partial charge on any atom is 0.361 e. The zero-order valence-corrected chi connectivity index (χ0v) is 15.2. The zero-order chi connectivity index (χ0) is 17.0. The van der Waals surface area contributed by atoms with E-state index in [1.54, 1.807) is 0 Å². The van der Waals surface area contributed by atoms with E-state index in [-0.39, 0.29) is 5.97 Å². The van der Waals surface area contributed by atoms with Crippen LogP contribution in [0.2, 0.25) is 0 Å². The summed E-state index contributed by atoms with van der Waals surface area (Å²) in [6.45, 7) is 10.5. The number of ether oxygens (including phenoxy) is 1. The Bertz CT molecular complexity index is 423. The summed E-state index contributed by atoms with van der Waals surface area (Å²) < 4.78 is 6.13. The zero-order valence-electron chi connectivity index (χ0n) is 15.2. The van der Waals surface area contributed by atoms with E-state index in [4.69, 9.17) is 4.74 Å². The van der Waals surface area contributed by atoms with Crippen LogP contribution in [0.3, 0.4) is 0 Å². The number of nitrogens with zero attached hydrogens (tertiary/aromatic N) is 1. The molecule has 0 saturated heterocycles. The number of carbonyl (C=O) groups excluding carboxylic acids is 1. The molecule has 0 aliphatic heterocycles. The van der Waals surface area contributed by atoms with Crippen LogP contribution >= 0.6 is 0 Å². The second kappa shape index (κ2) is 11.2. The minimum Gasteiger partial charge on any atom is -0.462 e. The Morgan fingerprint density at radius 2 is 1.57 bits per heavy atom. The van der Waals surface area contributed by atoms with Gasteiger partial charge in [-0.3, -0.25) is 0 Å². The van der Waals surface area contributed by atoms with Crippen LogP contribution in [-0.2, 0) is 16.0 Å². The van der Waals surface area contributed by atoms with E-state index in [0.717, 1.165) is 43.4 Å². The van der Waals surface area contributed by atoms with Crippen LogP contribution in [0.5, 0.6) is 0 Å². The van der Waals surface area contributed by atoms with Gasteiger partial charge in [0.05, 0.1) is 26.2 Å². The second-order valence-electron chi connectivity index (χ2n) is 6.42. The van der Waals surface area contributed by atoms with Gasteiger partial charge in [0.25, 0.3) is 0 Å². The Balaban J connectivity index is 2.81. The van der Waals surface area contributed by atoms with Crippen LogP contribution in [0.1, 0.15) is 52.0 Å². The van der Waals surface area contributed by atoms with E-state index >= 15 is 0 Å². The van der Waals surface area contributed by atoms with Gasteiger partial charge in [-0.15, -0.1) is 0 Å². The molecule has 0 saturated carbocycles. The smallest absolute Gasteiger partial charge is 0.361 e. The lowest BCUT2D eigenvalue weighted by molar-refractivity contribution is -0.921. The van der Waals surface area contributed by atoms with Gasteiger partial charge in [0.15, 0.2) is 6.54 Å². The van der Waals surface area contributed by atoms with Crippen LogP contribution in [0, 0.1) is 0 Å². The van der Waals surface area contributed by atoms with Crippen LogP contribution in [0.4, 0.5) is 0 Å². The van der Waals surface area contributed by atoms with Crippen molar-refractivity contribution in [2.24, 2.45) is 0 Å². The van der Waals surface area contributed by atoms with Crippen LogP contribution < -0.4 is 0 Å². The summed E-state index contributed by atoms with van der Waals surface area (Å²) in [6.07, 6.45) is 5.68. The number of carbonyl (C=O) groups is 1. The van der Waals surface area contributed by atoms with Crippen molar-refractivity contribution in [3.8, 4) is 0 Å². The molecular formula is C20H34NO2+. The number of quaternary nitrogens is 1. The van der Waals surface area contributed by atoms with Crippen LogP contribution in [0.15, 0.2) is 30.3 Å². The summed E-state index contributed by atoms with van der Waals surface area (Å²) in [6, 6.07) is 10.6. The van der Waals surface area contributed by atoms with Gasteiger partial charge in [0.1, 0.15) is 0 Å². The molecule has 0 aliphatic rings. The van der Waals surface area contributed by atoms with Crippen molar-refractivity contribution >= 4 is 5.97 Å². The van der Waals surface area contributed by atoms with Gasteiger partial charge in [-0.05, 0) is 25.3 Å². The minimum atomic E-state index is -0.0484. The SMILES string of the molecule is CCCC[N+](CCCC)(CCc1ccccc1)CC(=O)OCC. The van der Waals surface area contributed by atoms with E-state index in [9.17, 15) is 4.79 Å². The number of benzene rings is 1. The molecule has 0 bridgehead atoms. The highest BCUT2D eigenvalue weighted by Gasteiger charge is 2.30. The fourth-order valence-corrected chi connectivity index (χ4v) is 3.05. The molecule has 0 fully saturated rings. The molecule has 0 aromatic heterocycles. The maximum atomic E-state index is 12.2. The molecule has 3 nitrogen and oxygen atoms in total. The minimum absolute atomic E-state index is 0.0484. The normalized spacial score (nSPS) is 11.4. The average Bonchev–Trinajstić information content (AvgIpc) is 2.57. The third kappa shape index (κ3) is 7.65. The van der Waals surface area contributed by atoms with Gasteiger partial charge in [0.2, 0.25) is 0 Å². The van der Waals surface area contributed by atoms with Crippen molar-refractivity contribution in [2.45, 2.75) is 52.9 Å². The summed E-state index contributed by atoms with van der Waals surface area (Å²) in [7, 11) is 0. The van der Waals surface area contributed by atoms with E-state index in [1.807, 2.05) is 6.92 Å². The summed E-state index contributed by atoms with van der Waals surface area (Å²) in [5, 5.41) is 0. The van der Waals surface area contributed by atoms with Gasteiger partial charge in [-0.25, -0.2) is 4.79 Å². The monoisotopic (exact) mass is 320 g/mol. The molecule has 1 aromatic carbocycles. The third-order valence-corrected chi connectivity index (χ3v) is 4.46. The third-order valence-electron chi connectivity index (χ3n) is 4.46. The number of esters is 1. The molecule has 0 amide bonds. The summed E-state index contributed by atoms with van der Waals surface area (Å²) in [4.78, 5) is 12.2. The van der Waals surface area contributed by atoms with Crippen molar-refractivity contribution in [3.63, 3.8) is 0 Å². The number of hydrogen-bond donors (Lipinski definition) is 0. The Hall–Kier alpha value is -1.35. The first kappa shape index (κ1) is 19.7. The van der Waals surface area contributed by atoms with E-state index in [1.165, 1.54) is 18.4 Å². The standard InChI is InChI=1S/C20H34NO2/c1-4-7-15-21(16-8-5-2,18-20(22)23-6-3)17-14-19-12-10-9-11-13-19/h9-13H,4-8,14-18H2,1-3H3/q+1. The molecule has 0 atom stereocenters. The quantitative estimate of drug-likeness (QED) is 0.426. The summed E-state index contributed by atoms with van der Waals surface area (Å²) in [5.41, 5.74) is 1.35. The molecule has 0 aliphatic carbocycles. The average molecular weight is 320 g/mol. The number of rotatable bonds is 12. The fraction of sp³-hybridized carbons (Fsp3) is 0.650. The lowest BCUT2D eigenvalue weighted by atomic mass is 10.1. The van der Waals surface area contributed by atoms with Crippen molar-refractivity contribution in [1.82, 2.24) is 0 Å². The highest BCUT2D eigenvalue weighted by Crippen LogP contribution is 2.15. The predicted octanol–water partition coefficient (Wildman–Crippen LogP) is 4.21. The van der Waals surface area contributed by atoms with E-state index in [2.05, 4.69) is 44.2 Å².